The van der Waals surface area contributed by atoms with Gasteiger partial charge in [0, 0.05) is 18.8 Å². The Morgan fingerprint density at radius 2 is 1.80 bits per heavy atom. The highest BCUT2D eigenvalue weighted by Gasteiger charge is 2.15. The highest BCUT2D eigenvalue weighted by molar-refractivity contribution is 5.60. The van der Waals surface area contributed by atoms with Gasteiger partial charge in [-0.3, -0.25) is 0 Å². The van der Waals surface area contributed by atoms with Crippen molar-refractivity contribution in [2.24, 2.45) is 10.2 Å². The van der Waals surface area contributed by atoms with E-state index in [0.717, 1.165) is 30.9 Å². The number of fused-ring (bicyclic) bond motifs is 1. The van der Waals surface area contributed by atoms with Crippen molar-refractivity contribution in [3.63, 3.8) is 0 Å². The normalized spacial score (nSPS) is 14.6. The molecule has 0 unspecified atom stereocenters. The molecule has 0 saturated carbocycles. The van der Waals surface area contributed by atoms with Crippen LogP contribution in [0.4, 0.5) is 17.1 Å². The molecule has 0 spiro atoms. The van der Waals surface area contributed by atoms with Crippen LogP contribution in [0.2, 0.25) is 0 Å². The average Bonchev–Trinajstić information content (AvgIpc) is 2.53. The summed E-state index contributed by atoms with van der Waals surface area (Å²) in [6.45, 7) is 4.43. The molecule has 3 rings (SSSR count). The molecule has 0 radical (unpaired) electrons. The maximum atomic E-state index is 4.34. The van der Waals surface area contributed by atoms with Gasteiger partial charge in [0.05, 0.1) is 11.4 Å². The van der Waals surface area contributed by atoms with E-state index >= 15 is 0 Å². The summed E-state index contributed by atoms with van der Waals surface area (Å²) in [6, 6.07) is 16.2. The summed E-state index contributed by atoms with van der Waals surface area (Å²) >= 11 is 0. The lowest BCUT2D eigenvalue weighted by Gasteiger charge is -2.30. The maximum Gasteiger partial charge on any atom is 0.0861 e. The SMILES string of the molecule is CCN1CCCc2cc(N=Nc3ccccc3)ccc21. The van der Waals surface area contributed by atoms with Crippen LogP contribution in [0, 0.1) is 0 Å². The molecule has 0 aromatic heterocycles. The summed E-state index contributed by atoms with van der Waals surface area (Å²) in [5, 5.41) is 8.62. The van der Waals surface area contributed by atoms with Crippen LogP contribution >= 0.6 is 0 Å². The van der Waals surface area contributed by atoms with Crippen molar-refractivity contribution in [3.05, 3.63) is 54.1 Å². The summed E-state index contributed by atoms with van der Waals surface area (Å²) in [4.78, 5) is 2.43. The minimum absolute atomic E-state index is 0.889. The number of azo groups is 1. The summed E-state index contributed by atoms with van der Waals surface area (Å²) in [6.07, 6.45) is 2.36. The van der Waals surface area contributed by atoms with E-state index in [-0.39, 0.29) is 0 Å². The molecule has 0 aliphatic carbocycles. The van der Waals surface area contributed by atoms with Crippen LogP contribution < -0.4 is 4.90 Å². The van der Waals surface area contributed by atoms with E-state index < -0.39 is 0 Å². The molecule has 3 nitrogen and oxygen atoms in total. The minimum atomic E-state index is 0.889. The second-order valence-electron chi connectivity index (χ2n) is 5.03. The zero-order valence-electron chi connectivity index (χ0n) is 11.8. The van der Waals surface area contributed by atoms with Gasteiger partial charge in [-0.05, 0) is 55.7 Å². The Balaban J connectivity index is 1.84. The van der Waals surface area contributed by atoms with Gasteiger partial charge in [0.25, 0.3) is 0 Å². The summed E-state index contributed by atoms with van der Waals surface area (Å²) in [7, 11) is 0. The highest BCUT2D eigenvalue weighted by atomic mass is 15.1. The molecular weight excluding hydrogens is 246 g/mol. The van der Waals surface area contributed by atoms with Gasteiger partial charge in [0.15, 0.2) is 0 Å². The third-order valence-corrected chi connectivity index (χ3v) is 3.70. The van der Waals surface area contributed by atoms with Crippen molar-refractivity contribution in [2.75, 3.05) is 18.0 Å². The van der Waals surface area contributed by atoms with Crippen LogP contribution in [-0.4, -0.2) is 13.1 Å². The summed E-state index contributed by atoms with van der Waals surface area (Å²) in [5.41, 5.74) is 4.57. The second-order valence-corrected chi connectivity index (χ2v) is 5.03. The molecular formula is C17H19N3. The Labute approximate surface area is 120 Å². The van der Waals surface area contributed by atoms with Crippen molar-refractivity contribution < 1.29 is 0 Å². The van der Waals surface area contributed by atoms with Gasteiger partial charge in [0.1, 0.15) is 0 Å². The van der Waals surface area contributed by atoms with Crippen LogP contribution in [0.15, 0.2) is 58.8 Å². The topological polar surface area (TPSA) is 28.0 Å². The number of benzene rings is 2. The van der Waals surface area contributed by atoms with Gasteiger partial charge >= 0.3 is 0 Å². The Bertz CT molecular complexity index is 605. The van der Waals surface area contributed by atoms with E-state index in [1.807, 2.05) is 30.3 Å². The van der Waals surface area contributed by atoms with E-state index in [2.05, 4.69) is 40.3 Å². The molecule has 2 aromatic rings. The van der Waals surface area contributed by atoms with Crippen molar-refractivity contribution >= 4 is 17.1 Å². The quantitative estimate of drug-likeness (QED) is 0.727. The first-order valence-corrected chi connectivity index (χ1v) is 7.21. The fourth-order valence-corrected chi connectivity index (χ4v) is 2.66. The Morgan fingerprint density at radius 1 is 1.00 bits per heavy atom. The van der Waals surface area contributed by atoms with Gasteiger partial charge in [-0.15, -0.1) is 0 Å². The van der Waals surface area contributed by atoms with Crippen LogP contribution in [0.3, 0.4) is 0 Å². The molecule has 0 atom stereocenters. The van der Waals surface area contributed by atoms with E-state index in [9.17, 15) is 0 Å². The zero-order chi connectivity index (χ0) is 13.8. The van der Waals surface area contributed by atoms with Crippen LogP contribution in [0.1, 0.15) is 18.9 Å². The largest absolute Gasteiger partial charge is 0.372 e. The summed E-state index contributed by atoms with van der Waals surface area (Å²) in [5.74, 6) is 0. The highest BCUT2D eigenvalue weighted by Crippen LogP contribution is 2.31. The molecule has 0 saturated heterocycles. The molecule has 0 bridgehead atoms. The van der Waals surface area contributed by atoms with Gasteiger partial charge in [-0.1, -0.05) is 18.2 Å². The molecule has 1 aliphatic heterocycles. The van der Waals surface area contributed by atoms with E-state index in [4.69, 9.17) is 0 Å². The van der Waals surface area contributed by atoms with Crippen LogP contribution in [-0.2, 0) is 6.42 Å². The predicted octanol–water partition coefficient (Wildman–Crippen LogP) is 4.87. The Hall–Kier alpha value is -2.16. The smallest absolute Gasteiger partial charge is 0.0861 e. The predicted molar refractivity (Wildman–Crippen MR) is 83.3 cm³/mol. The Morgan fingerprint density at radius 3 is 2.60 bits per heavy atom. The minimum Gasteiger partial charge on any atom is -0.372 e. The molecule has 102 valence electrons. The molecule has 1 aliphatic rings. The number of aryl methyl sites for hydroxylation is 1. The number of anilines is 1. The number of rotatable bonds is 3. The molecule has 0 amide bonds. The first kappa shape index (κ1) is 12.9. The van der Waals surface area contributed by atoms with Gasteiger partial charge in [0.2, 0.25) is 0 Å². The number of hydrogen-bond acceptors (Lipinski definition) is 3. The molecule has 0 N–H and O–H groups in total. The van der Waals surface area contributed by atoms with Crippen LogP contribution in [0.25, 0.3) is 0 Å². The van der Waals surface area contributed by atoms with Crippen LogP contribution in [0.5, 0.6) is 0 Å². The first-order chi connectivity index (χ1) is 9.86. The van der Waals surface area contributed by atoms with E-state index in [1.165, 1.54) is 17.7 Å². The van der Waals surface area contributed by atoms with Crippen molar-refractivity contribution in [2.45, 2.75) is 19.8 Å². The second kappa shape index (κ2) is 5.87. The summed E-state index contributed by atoms with van der Waals surface area (Å²) < 4.78 is 0. The number of hydrogen-bond donors (Lipinski definition) is 0. The molecule has 20 heavy (non-hydrogen) atoms. The first-order valence-electron chi connectivity index (χ1n) is 7.21. The Kier molecular flexibility index (Phi) is 3.77. The van der Waals surface area contributed by atoms with E-state index in [0.29, 0.717) is 0 Å². The molecule has 3 heteroatoms. The third-order valence-electron chi connectivity index (χ3n) is 3.70. The van der Waals surface area contributed by atoms with Gasteiger partial charge in [-0.25, -0.2) is 0 Å². The zero-order valence-corrected chi connectivity index (χ0v) is 11.8. The molecule has 2 aromatic carbocycles. The standard InChI is InChI=1S/C17H19N3/c1-2-20-12-6-7-14-13-16(10-11-17(14)20)19-18-15-8-4-3-5-9-15/h3-5,8-11,13H,2,6-7,12H2,1H3. The van der Waals surface area contributed by atoms with Crippen molar-refractivity contribution in [1.29, 1.82) is 0 Å². The number of nitrogens with zero attached hydrogens (tertiary/aromatic N) is 3. The lowest BCUT2D eigenvalue weighted by atomic mass is 10.0. The van der Waals surface area contributed by atoms with Crippen molar-refractivity contribution in [1.82, 2.24) is 0 Å². The lowest BCUT2D eigenvalue weighted by Crippen LogP contribution is -2.28. The monoisotopic (exact) mass is 265 g/mol. The van der Waals surface area contributed by atoms with E-state index in [1.54, 1.807) is 0 Å². The maximum absolute atomic E-state index is 4.34. The fraction of sp³-hybridized carbons (Fsp3) is 0.294. The molecule has 1 heterocycles. The van der Waals surface area contributed by atoms with Gasteiger partial charge < -0.3 is 4.90 Å². The fourth-order valence-electron chi connectivity index (χ4n) is 2.66. The van der Waals surface area contributed by atoms with Gasteiger partial charge in [-0.2, -0.15) is 10.2 Å². The van der Waals surface area contributed by atoms with Crippen molar-refractivity contribution in [3.8, 4) is 0 Å². The third kappa shape index (κ3) is 2.72. The molecule has 0 fully saturated rings. The lowest BCUT2D eigenvalue weighted by molar-refractivity contribution is 0.708. The average molecular weight is 265 g/mol.